The van der Waals surface area contributed by atoms with Crippen molar-refractivity contribution in [1.82, 2.24) is 5.32 Å². The number of nitrogens with zero attached hydrogens (tertiary/aromatic N) is 1. The molecule has 0 spiro atoms. The molecule has 7 nitrogen and oxygen atoms in total. The van der Waals surface area contributed by atoms with Gasteiger partial charge in [-0.05, 0) is 64.9 Å². The summed E-state index contributed by atoms with van der Waals surface area (Å²) < 4.78 is 7.11. The summed E-state index contributed by atoms with van der Waals surface area (Å²) in [6.07, 6.45) is 0. The normalized spacial score (nSPS) is 10.2. The Labute approximate surface area is 181 Å². The number of carbonyl (C=O) groups is 1. The number of thiocarbonyl (C=S) groups is 1. The van der Waals surface area contributed by atoms with Gasteiger partial charge in [-0.2, -0.15) is 0 Å². The fraction of sp³-hybridized carbons (Fsp3) is 0.125. The minimum Gasteiger partial charge on any atom is -0.482 e. The summed E-state index contributed by atoms with van der Waals surface area (Å²) in [5, 5.41) is 16.0. The van der Waals surface area contributed by atoms with E-state index in [4.69, 9.17) is 28.6 Å². The number of carbonyl (C=O) groups excluding carboxylic acids is 1. The minimum atomic E-state index is -0.610. The van der Waals surface area contributed by atoms with Crippen LogP contribution in [0.25, 0.3) is 0 Å². The number of anilines is 1. The lowest BCUT2D eigenvalue weighted by Gasteiger charge is -2.13. The van der Waals surface area contributed by atoms with Crippen molar-refractivity contribution < 1.29 is 14.5 Å². The SMILES string of the molecule is Cc1cc(Br)cc(Br)c1OCC(=O)NC(=S)Nc1ccc(Cl)c([N+](=O)[O-])c1. The third kappa shape index (κ3) is 6.13. The van der Waals surface area contributed by atoms with Crippen molar-refractivity contribution in [2.45, 2.75) is 6.92 Å². The Morgan fingerprint density at radius 1 is 1.33 bits per heavy atom. The van der Waals surface area contributed by atoms with E-state index in [1.54, 1.807) is 6.07 Å². The topological polar surface area (TPSA) is 93.5 Å². The summed E-state index contributed by atoms with van der Waals surface area (Å²) in [5.41, 5.74) is 0.900. The Morgan fingerprint density at radius 3 is 2.67 bits per heavy atom. The second-order valence-electron chi connectivity index (χ2n) is 5.25. The number of ether oxygens (including phenoxy) is 1. The summed E-state index contributed by atoms with van der Waals surface area (Å²) in [6, 6.07) is 7.76. The Morgan fingerprint density at radius 2 is 2.04 bits per heavy atom. The van der Waals surface area contributed by atoms with Gasteiger partial charge in [0.05, 0.1) is 9.40 Å². The molecule has 0 bridgehead atoms. The van der Waals surface area contributed by atoms with Crippen LogP contribution in [-0.4, -0.2) is 22.5 Å². The van der Waals surface area contributed by atoms with E-state index in [1.165, 1.54) is 18.2 Å². The quantitative estimate of drug-likeness (QED) is 0.318. The smallest absolute Gasteiger partial charge is 0.289 e. The van der Waals surface area contributed by atoms with E-state index in [2.05, 4.69) is 42.5 Å². The summed E-state index contributed by atoms with van der Waals surface area (Å²) in [4.78, 5) is 22.3. The van der Waals surface area contributed by atoms with Gasteiger partial charge >= 0.3 is 0 Å². The highest BCUT2D eigenvalue weighted by Gasteiger charge is 2.14. The standard InChI is InChI=1S/C16H12Br2ClN3O4S/c1-8-4-9(17)5-11(18)15(8)26-7-14(23)21-16(27)20-10-2-3-12(19)13(6-10)22(24)25/h2-6H,7H2,1H3,(H2,20,21,23,27). The Balaban J connectivity index is 1.94. The van der Waals surface area contributed by atoms with E-state index in [9.17, 15) is 14.9 Å². The highest BCUT2D eigenvalue weighted by Crippen LogP contribution is 2.32. The van der Waals surface area contributed by atoms with Gasteiger partial charge in [0.1, 0.15) is 10.8 Å². The molecule has 142 valence electrons. The largest absolute Gasteiger partial charge is 0.482 e. The van der Waals surface area contributed by atoms with Gasteiger partial charge in [0.25, 0.3) is 11.6 Å². The van der Waals surface area contributed by atoms with Crippen LogP contribution < -0.4 is 15.4 Å². The van der Waals surface area contributed by atoms with Gasteiger partial charge in [-0.3, -0.25) is 20.2 Å². The summed E-state index contributed by atoms with van der Waals surface area (Å²) in [5.74, 6) is 0.0609. The van der Waals surface area contributed by atoms with Crippen LogP contribution in [0.3, 0.4) is 0 Å². The average molecular weight is 538 g/mol. The number of halogens is 3. The molecule has 0 aliphatic heterocycles. The van der Waals surface area contributed by atoms with Crippen molar-refractivity contribution in [3.05, 3.63) is 60.0 Å². The molecule has 2 aromatic carbocycles. The van der Waals surface area contributed by atoms with Crippen molar-refractivity contribution in [1.29, 1.82) is 0 Å². The third-order valence-electron chi connectivity index (χ3n) is 3.20. The lowest BCUT2D eigenvalue weighted by atomic mass is 10.2. The summed E-state index contributed by atoms with van der Waals surface area (Å²) in [7, 11) is 0. The van der Waals surface area contributed by atoms with Crippen molar-refractivity contribution in [2.75, 3.05) is 11.9 Å². The molecular weight excluding hydrogens is 526 g/mol. The number of aryl methyl sites for hydroxylation is 1. The van der Waals surface area contributed by atoms with E-state index in [-0.39, 0.29) is 22.4 Å². The molecule has 0 radical (unpaired) electrons. The molecule has 0 aliphatic carbocycles. The highest BCUT2D eigenvalue weighted by atomic mass is 79.9. The van der Waals surface area contributed by atoms with Crippen LogP contribution in [0.5, 0.6) is 5.75 Å². The second kappa shape index (κ2) is 9.45. The van der Waals surface area contributed by atoms with Crippen molar-refractivity contribution in [3.8, 4) is 5.75 Å². The lowest BCUT2D eigenvalue weighted by molar-refractivity contribution is -0.384. The first-order valence-corrected chi connectivity index (χ1v) is 9.68. The highest BCUT2D eigenvalue weighted by molar-refractivity contribution is 9.11. The van der Waals surface area contributed by atoms with Gasteiger partial charge in [0, 0.05) is 16.2 Å². The molecule has 0 saturated heterocycles. The number of nitrogens with one attached hydrogen (secondary N) is 2. The van der Waals surface area contributed by atoms with Gasteiger partial charge in [0.2, 0.25) is 0 Å². The first-order valence-electron chi connectivity index (χ1n) is 7.30. The fourth-order valence-corrected chi connectivity index (χ4v) is 4.04. The molecule has 0 saturated carbocycles. The Bertz CT molecular complexity index is 904. The lowest BCUT2D eigenvalue weighted by Crippen LogP contribution is -2.37. The second-order valence-corrected chi connectivity index (χ2v) is 7.83. The van der Waals surface area contributed by atoms with Crippen molar-refractivity contribution >= 4 is 78.1 Å². The van der Waals surface area contributed by atoms with Crippen molar-refractivity contribution in [3.63, 3.8) is 0 Å². The van der Waals surface area contributed by atoms with Crippen LogP contribution in [-0.2, 0) is 4.79 Å². The Hall–Kier alpha value is -1.75. The molecule has 0 aromatic heterocycles. The zero-order chi connectivity index (χ0) is 20.1. The number of hydrogen-bond donors (Lipinski definition) is 2. The monoisotopic (exact) mass is 535 g/mol. The molecule has 0 unspecified atom stereocenters. The first-order chi connectivity index (χ1) is 12.7. The predicted molar refractivity (Wildman–Crippen MR) is 115 cm³/mol. The molecule has 2 rings (SSSR count). The third-order valence-corrected chi connectivity index (χ3v) is 4.77. The maximum atomic E-state index is 12.0. The number of nitro groups is 1. The molecule has 0 atom stereocenters. The van der Waals surface area contributed by atoms with Crippen LogP contribution in [0.2, 0.25) is 5.02 Å². The molecule has 0 aliphatic rings. The van der Waals surface area contributed by atoms with Gasteiger partial charge in [-0.1, -0.05) is 27.5 Å². The van der Waals surface area contributed by atoms with Crippen LogP contribution >= 0.6 is 55.7 Å². The summed E-state index contributed by atoms with van der Waals surface area (Å²) in [6.45, 7) is 1.59. The van der Waals surface area contributed by atoms with Crippen LogP contribution in [0, 0.1) is 17.0 Å². The molecule has 27 heavy (non-hydrogen) atoms. The van der Waals surface area contributed by atoms with Crippen LogP contribution in [0.1, 0.15) is 5.56 Å². The maximum Gasteiger partial charge on any atom is 0.289 e. The van der Waals surface area contributed by atoms with Gasteiger partial charge in [-0.25, -0.2) is 0 Å². The van der Waals surface area contributed by atoms with Gasteiger partial charge in [-0.15, -0.1) is 0 Å². The fourth-order valence-electron chi connectivity index (χ4n) is 2.06. The van der Waals surface area contributed by atoms with Crippen molar-refractivity contribution in [2.24, 2.45) is 0 Å². The molecule has 1 amide bonds. The predicted octanol–water partition coefficient (Wildman–Crippen LogP) is 4.97. The zero-order valence-electron chi connectivity index (χ0n) is 13.7. The van der Waals surface area contributed by atoms with Gasteiger partial charge in [0.15, 0.2) is 11.7 Å². The maximum absolute atomic E-state index is 12.0. The molecule has 0 heterocycles. The van der Waals surface area contributed by atoms with E-state index in [0.29, 0.717) is 15.9 Å². The molecular formula is C16H12Br2ClN3O4S. The number of benzene rings is 2. The van der Waals surface area contributed by atoms with Crippen LogP contribution in [0.4, 0.5) is 11.4 Å². The minimum absolute atomic E-state index is 0.00403. The molecule has 11 heteroatoms. The average Bonchev–Trinajstić information content (AvgIpc) is 2.55. The number of nitro benzene ring substituents is 1. The van der Waals surface area contributed by atoms with E-state index in [1.807, 2.05) is 13.0 Å². The number of amides is 1. The zero-order valence-corrected chi connectivity index (χ0v) is 18.5. The molecule has 2 N–H and O–H groups in total. The summed E-state index contributed by atoms with van der Waals surface area (Å²) >= 11 is 17.5. The number of rotatable bonds is 5. The Kier molecular flexibility index (Phi) is 7.54. The van der Waals surface area contributed by atoms with E-state index in [0.717, 1.165) is 10.0 Å². The molecule has 2 aromatic rings. The van der Waals surface area contributed by atoms with E-state index < -0.39 is 10.8 Å². The van der Waals surface area contributed by atoms with E-state index >= 15 is 0 Å². The number of hydrogen-bond acceptors (Lipinski definition) is 5. The first kappa shape index (κ1) is 21.5. The molecule has 0 fully saturated rings. The van der Waals surface area contributed by atoms with Gasteiger partial charge < -0.3 is 10.1 Å². The van der Waals surface area contributed by atoms with Crippen LogP contribution in [0.15, 0.2) is 39.3 Å².